The first-order valence-corrected chi connectivity index (χ1v) is 15.2. The summed E-state index contributed by atoms with van der Waals surface area (Å²) in [6.45, 7) is 0. The zero-order chi connectivity index (χ0) is 58.7. The van der Waals surface area contributed by atoms with Crippen LogP contribution in [0.25, 0.3) is 109 Å². The second-order valence-electron chi connectivity index (χ2n) is 11.3. The highest BCUT2D eigenvalue weighted by Gasteiger charge is 2.21. The van der Waals surface area contributed by atoms with Gasteiger partial charge in [-0.25, -0.2) is 0 Å². The molecule has 0 atom stereocenters. The fraction of sp³-hybridized carbons (Fsp3) is 0. The molecule has 0 saturated carbocycles. The molecule has 1 aromatic heterocycles. The molecule has 0 spiro atoms. The molecule has 0 aliphatic heterocycles. The van der Waals surface area contributed by atoms with Gasteiger partial charge in [-0.3, -0.25) is 0 Å². The van der Waals surface area contributed by atoms with Crippen LogP contribution in [-0.4, -0.2) is 0 Å². The Morgan fingerprint density at radius 1 is 0.294 bits per heavy atom. The second-order valence-corrected chi connectivity index (χ2v) is 11.3. The minimum atomic E-state index is -1.05. The average molecular weight is 676 g/mol. The van der Waals surface area contributed by atoms with Crippen molar-refractivity contribution in [3.05, 3.63) is 181 Å². The largest absolute Gasteiger partial charge is 0.456 e. The molecule has 0 saturated heterocycles. The molecule has 0 aliphatic carbocycles. The van der Waals surface area contributed by atoms with E-state index in [-0.39, 0.29) is 0 Å². The summed E-state index contributed by atoms with van der Waals surface area (Å²) in [7, 11) is 0. The third-order valence-electron chi connectivity index (χ3n) is 8.78. The van der Waals surface area contributed by atoms with Gasteiger partial charge in [0.05, 0.1) is 39.8 Å². The summed E-state index contributed by atoms with van der Waals surface area (Å²) in [5, 5.41) is -7.28. The lowest BCUT2D eigenvalue weighted by Gasteiger charge is -2.20. The van der Waals surface area contributed by atoms with Gasteiger partial charge in [0, 0.05) is 10.8 Å². The van der Waals surface area contributed by atoms with Crippen LogP contribution in [0.1, 0.15) is 39.8 Å². The molecule has 10 aromatic carbocycles. The van der Waals surface area contributed by atoms with Crippen LogP contribution < -0.4 is 0 Å². The molecular formula is C50H30O. The van der Waals surface area contributed by atoms with Crippen molar-refractivity contribution >= 4 is 75.8 Å². The van der Waals surface area contributed by atoms with Gasteiger partial charge >= 0.3 is 0 Å². The standard InChI is InChI=1S/C50H30O/c1-3-16-33-31(13-1)15-9-25-38(33)47-41-18-5-7-20-43(41)48(44-21-8-6-19-42(44)47)39-26-11-22-35-36(39)23-10-24-37(35)40-27-12-28-45-50(40)49-34-17-4-2-14-32(34)29-30-46(49)51-45/h1-30H/i1D,2D,3D,4D,5D,6D,7D,8D,9D,10D,11D,12D,13D,14D,15D,16D,17D,18D,19D,20D,21D,22D,24D,25D,26D,27D,28D,29D,30D. The van der Waals surface area contributed by atoms with E-state index in [1.165, 1.54) is 0 Å². The molecule has 1 heterocycles. The maximum absolute atomic E-state index is 9.71. The van der Waals surface area contributed by atoms with Gasteiger partial charge in [0.15, 0.2) is 0 Å². The molecule has 0 N–H and O–H groups in total. The van der Waals surface area contributed by atoms with Gasteiger partial charge in [-0.15, -0.1) is 0 Å². The zero-order valence-electron chi connectivity index (χ0n) is 54.5. The summed E-state index contributed by atoms with van der Waals surface area (Å²) >= 11 is 0. The normalized spacial score (nSPS) is 19.9. The Labute approximate surface area is 335 Å². The fourth-order valence-electron chi connectivity index (χ4n) is 6.71. The first-order valence-electron chi connectivity index (χ1n) is 29.7. The van der Waals surface area contributed by atoms with Gasteiger partial charge in [0.1, 0.15) is 11.2 Å². The highest BCUT2D eigenvalue weighted by Crippen LogP contribution is 2.48. The molecule has 0 bridgehead atoms. The van der Waals surface area contributed by atoms with E-state index in [1.807, 2.05) is 0 Å². The average Bonchev–Trinajstić information content (AvgIpc) is 3.96. The Hall–Kier alpha value is -6.70. The molecule has 0 radical (unpaired) electrons. The summed E-state index contributed by atoms with van der Waals surface area (Å²) in [5.41, 5.74) is -5.39. The molecule has 0 amide bonds. The number of furan rings is 1. The molecule has 11 aromatic rings. The smallest absolute Gasteiger partial charge is 0.136 e. The van der Waals surface area contributed by atoms with Crippen LogP contribution in [0.5, 0.6) is 0 Å². The maximum atomic E-state index is 9.71. The van der Waals surface area contributed by atoms with Crippen LogP contribution in [-0.2, 0) is 0 Å². The Morgan fingerprint density at radius 3 is 1.47 bits per heavy atom. The molecule has 1 heteroatoms. The Bertz CT molecular complexity index is 4780. The van der Waals surface area contributed by atoms with E-state index >= 15 is 0 Å². The quantitative estimate of drug-likeness (QED) is 0.170. The van der Waals surface area contributed by atoms with Crippen molar-refractivity contribution in [1.82, 2.24) is 0 Å². The monoisotopic (exact) mass is 675 g/mol. The highest BCUT2D eigenvalue weighted by molar-refractivity contribution is 6.27. The minimum Gasteiger partial charge on any atom is -0.456 e. The first kappa shape index (κ1) is 12.0. The van der Waals surface area contributed by atoms with Crippen LogP contribution in [0.3, 0.4) is 0 Å². The summed E-state index contributed by atoms with van der Waals surface area (Å²) in [6, 6.07) is -25.5. The number of hydrogen-bond donors (Lipinski definition) is 0. The van der Waals surface area contributed by atoms with Gasteiger partial charge in [-0.2, -0.15) is 0 Å². The molecule has 236 valence electrons. The molecule has 0 fully saturated rings. The minimum absolute atomic E-state index is 0.419. The van der Waals surface area contributed by atoms with E-state index in [0.29, 0.717) is 0 Å². The number of hydrogen-bond acceptors (Lipinski definition) is 1. The van der Waals surface area contributed by atoms with Crippen LogP contribution in [0.15, 0.2) is 186 Å². The molecular weight excluding hydrogens is 617 g/mol. The first-order chi connectivity index (χ1) is 37.4. The zero-order valence-corrected chi connectivity index (χ0v) is 25.5. The molecule has 1 nitrogen and oxygen atoms in total. The van der Waals surface area contributed by atoms with E-state index < -0.39 is 284 Å². The lowest BCUT2D eigenvalue weighted by molar-refractivity contribution is 0.669. The van der Waals surface area contributed by atoms with Gasteiger partial charge < -0.3 is 4.42 Å². The van der Waals surface area contributed by atoms with Crippen LogP contribution in [0.2, 0.25) is 0 Å². The van der Waals surface area contributed by atoms with Gasteiger partial charge in [0.2, 0.25) is 0 Å². The summed E-state index contributed by atoms with van der Waals surface area (Å²) < 4.78 is 270. The van der Waals surface area contributed by atoms with Crippen LogP contribution in [0, 0.1) is 0 Å². The van der Waals surface area contributed by atoms with Gasteiger partial charge in [0.25, 0.3) is 0 Å². The number of fused-ring (bicyclic) bond motifs is 9. The SMILES string of the molecule is [2H]c1cc2c(-c3c4c([2H])c([2H])c([2H])c([2H])c4c(-c4c([2H])c([2H])c([2H])c5c([2H])c([2H])c([2H])c([2H])c45)c4c([2H])c([2H])c([2H])c([2H])c34)c([2H])c([2H])c([2H])c2c(-c2c([2H])c([2H])c([2H])c3oc4c([2H])c([2H])c5c([2H])c([2H])c([2H])c([2H])c5c4c23)c1[2H]. The third kappa shape index (κ3) is 4.09. The topological polar surface area (TPSA) is 13.1 Å². The van der Waals surface area contributed by atoms with E-state index in [2.05, 4.69) is 0 Å². The van der Waals surface area contributed by atoms with Crippen molar-refractivity contribution in [1.29, 1.82) is 0 Å². The van der Waals surface area contributed by atoms with Crippen molar-refractivity contribution in [2.75, 3.05) is 0 Å². The summed E-state index contributed by atoms with van der Waals surface area (Å²) in [5.74, 6) is 0. The van der Waals surface area contributed by atoms with Crippen molar-refractivity contribution in [2.45, 2.75) is 0 Å². The van der Waals surface area contributed by atoms with E-state index in [0.717, 1.165) is 6.07 Å². The molecule has 51 heavy (non-hydrogen) atoms. The van der Waals surface area contributed by atoms with E-state index in [9.17, 15) is 15.1 Å². The molecule has 11 rings (SSSR count). The van der Waals surface area contributed by atoms with Gasteiger partial charge in [-0.05, 0) is 99.3 Å². The third-order valence-corrected chi connectivity index (χ3v) is 8.78. The molecule has 0 unspecified atom stereocenters. The lowest BCUT2D eigenvalue weighted by Crippen LogP contribution is -1.92. The fourth-order valence-corrected chi connectivity index (χ4v) is 6.71. The molecule has 0 aliphatic rings. The van der Waals surface area contributed by atoms with Crippen molar-refractivity contribution < 1.29 is 44.2 Å². The highest BCUT2D eigenvalue weighted by atomic mass is 16.3. The Balaban J connectivity index is 1.46. The van der Waals surface area contributed by atoms with Crippen LogP contribution in [0.4, 0.5) is 0 Å². The summed E-state index contributed by atoms with van der Waals surface area (Å²) in [4.78, 5) is 0. The summed E-state index contributed by atoms with van der Waals surface area (Å²) in [6.07, 6.45) is 0. The lowest BCUT2D eigenvalue weighted by atomic mass is 9.83. The van der Waals surface area contributed by atoms with Crippen molar-refractivity contribution in [3.8, 4) is 33.4 Å². The van der Waals surface area contributed by atoms with Crippen molar-refractivity contribution in [3.63, 3.8) is 0 Å². The number of rotatable bonds is 3. The van der Waals surface area contributed by atoms with E-state index in [1.54, 1.807) is 0 Å². The van der Waals surface area contributed by atoms with Gasteiger partial charge in [-0.1, -0.05) is 169 Å². The van der Waals surface area contributed by atoms with E-state index in [4.69, 9.17) is 29.1 Å². The number of benzene rings is 10. The van der Waals surface area contributed by atoms with Crippen LogP contribution >= 0.6 is 0 Å². The van der Waals surface area contributed by atoms with Crippen molar-refractivity contribution in [2.24, 2.45) is 0 Å². The predicted octanol–water partition coefficient (Wildman–Crippen LogP) is 14.4. The maximum Gasteiger partial charge on any atom is 0.136 e. The Morgan fingerprint density at radius 2 is 0.765 bits per heavy atom. The second kappa shape index (κ2) is 10.9. The Kier molecular flexibility index (Phi) is 2.56. The predicted molar refractivity (Wildman–Crippen MR) is 218 cm³/mol.